The second-order valence-corrected chi connectivity index (χ2v) is 3.08. The molecule has 0 spiro atoms. The van der Waals surface area contributed by atoms with E-state index in [1.54, 1.807) is 7.11 Å². The normalized spacial score (nSPS) is 15.0. The van der Waals surface area contributed by atoms with E-state index in [0.717, 1.165) is 17.7 Å². The molecule has 0 radical (unpaired) electrons. The van der Waals surface area contributed by atoms with Gasteiger partial charge in [-0.25, -0.2) is 4.98 Å². The van der Waals surface area contributed by atoms with Gasteiger partial charge in [0.1, 0.15) is 5.82 Å². The Hall–Kier alpha value is -1.20. The van der Waals surface area contributed by atoms with Crippen molar-refractivity contribution in [3.05, 3.63) is 17.1 Å². The summed E-state index contributed by atoms with van der Waals surface area (Å²) in [6.07, 6.45) is 0.807. The van der Waals surface area contributed by atoms with E-state index in [4.69, 9.17) is 15.2 Å². The summed E-state index contributed by atoms with van der Waals surface area (Å²) < 4.78 is 10.5. The van der Waals surface area contributed by atoms with Crippen LogP contribution in [-0.2, 0) is 24.3 Å². The number of fused-ring (bicyclic) bond motifs is 1. The molecule has 5 heteroatoms. The Morgan fingerprint density at radius 2 is 2.36 bits per heavy atom. The Morgan fingerprint density at radius 1 is 1.50 bits per heavy atom. The molecule has 76 valence electrons. The van der Waals surface area contributed by atoms with E-state index >= 15 is 0 Å². The molecule has 0 aliphatic carbocycles. The third kappa shape index (κ3) is 1.56. The Bertz CT molecular complexity index is 324. The fourth-order valence-corrected chi connectivity index (χ4v) is 1.51. The molecular formula is C9H13N3O2. The lowest BCUT2D eigenvalue weighted by molar-refractivity contribution is 0.106. The number of nitrogens with two attached hydrogens (primary N) is 1. The molecule has 1 aliphatic heterocycles. The summed E-state index contributed by atoms with van der Waals surface area (Å²) in [6, 6.07) is 0. The quantitative estimate of drug-likeness (QED) is 0.720. The van der Waals surface area contributed by atoms with Crippen molar-refractivity contribution in [2.24, 2.45) is 5.73 Å². The first-order chi connectivity index (χ1) is 6.85. The van der Waals surface area contributed by atoms with Gasteiger partial charge in [0.05, 0.1) is 38.1 Å². The first-order valence-electron chi connectivity index (χ1n) is 4.55. The number of nitrogens with zero attached hydrogens (tertiary/aromatic N) is 2. The summed E-state index contributed by atoms with van der Waals surface area (Å²) in [7, 11) is 1.59. The maximum absolute atomic E-state index is 5.49. The van der Waals surface area contributed by atoms with Crippen LogP contribution in [0.25, 0.3) is 0 Å². The molecule has 0 atom stereocenters. The molecule has 1 aromatic rings. The number of hydrogen-bond donors (Lipinski definition) is 1. The zero-order valence-corrected chi connectivity index (χ0v) is 8.12. The van der Waals surface area contributed by atoms with Crippen LogP contribution in [0.15, 0.2) is 0 Å². The summed E-state index contributed by atoms with van der Waals surface area (Å²) in [4.78, 5) is 8.53. The zero-order valence-electron chi connectivity index (χ0n) is 8.12. The van der Waals surface area contributed by atoms with Crippen LogP contribution in [0, 0.1) is 0 Å². The zero-order chi connectivity index (χ0) is 9.97. The largest absolute Gasteiger partial charge is 0.481 e. The van der Waals surface area contributed by atoms with Crippen molar-refractivity contribution in [1.29, 1.82) is 0 Å². The Morgan fingerprint density at radius 3 is 3.07 bits per heavy atom. The van der Waals surface area contributed by atoms with Gasteiger partial charge >= 0.3 is 0 Å². The predicted molar refractivity (Wildman–Crippen MR) is 49.8 cm³/mol. The second-order valence-electron chi connectivity index (χ2n) is 3.08. The molecule has 2 N–H and O–H groups in total. The number of aromatic nitrogens is 2. The summed E-state index contributed by atoms with van der Waals surface area (Å²) in [6.45, 7) is 1.57. The van der Waals surface area contributed by atoms with Gasteiger partial charge in [-0.05, 0) is 0 Å². The predicted octanol–water partition coefficient (Wildman–Crippen LogP) is 0.0166. The lowest BCUT2D eigenvalue weighted by Gasteiger charge is -2.18. The molecule has 2 heterocycles. The third-order valence-corrected chi connectivity index (χ3v) is 2.21. The van der Waals surface area contributed by atoms with Gasteiger partial charge in [0, 0.05) is 6.42 Å². The van der Waals surface area contributed by atoms with Crippen molar-refractivity contribution in [1.82, 2.24) is 9.97 Å². The van der Waals surface area contributed by atoms with E-state index in [9.17, 15) is 0 Å². The van der Waals surface area contributed by atoms with Gasteiger partial charge in [0.25, 0.3) is 0 Å². The van der Waals surface area contributed by atoms with E-state index in [2.05, 4.69) is 9.97 Å². The van der Waals surface area contributed by atoms with Crippen molar-refractivity contribution in [2.75, 3.05) is 13.7 Å². The van der Waals surface area contributed by atoms with Crippen LogP contribution in [0.1, 0.15) is 17.1 Å². The van der Waals surface area contributed by atoms with Crippen molar-refractivity contribution >= 4 is 0 Å². The maximum atomic E-state index is 5.49. The topological polar surface area (TPSA) is 70.3 Å². The highest BCUT2D eigenvalue weighted by Gasteiger charge is 2.18. The lowest BCUT2D eigenvalue weighted by Crippen LogP contribution is -2.17. The summed E-state index contributed by atoms with van der Waals surface area (Å²) in [5, 5.41) is 0. The van der Waals surface area contributed by atoms with Gasteiger partial charge in [0.2, 0.25) is 5.88 Å². The van der Waals surface area contributed by atoms with E-state index in [1.165, 1.54) is 0 Å². The summed E-state index contributed by atoms with van der Waals surface area (Å²) in [5.41, 5.74) is 7.45. The van der Waals surface area contributed by atoms with Gasteiger partial charge in [0.15, 0.2) is 0 Å². The molecule has 2 rings (SSSR count). The van der Waals surface area contributed by atoms with E-state index in [0.29, 0.717) is 31.5 Å². The first kappa shape index (κ1) is 9.36. The second kappa shape index (κ2) is 3.89. The van der Waals surface area contributed by atoms with E-state index in [1.807, 2.05) is 0 Å². The fraction of sp³-hybridized carbons (Fsp3) is 0.556. The Balaban J connectivity index is 2.47. The molecule has 0 saturated carbocycles. The summed E-state index contributed by atoms with van der Waals surface area (Å²) >= 11 is 0. The number of hydrogen-bond acceptors (Lipinski definition) is 5. The third-order valence-electron chi connectivity index (χ3n) is 2.21. The molecule has 5 nitrogen and oxygen atoms in total. The molecule has 0 amide bonds. The Kier molecular flexibility index (Phi) is 2.60. The van der Waals surface area contributed by atoms with Crippen molar-refractivity contribution in [3.8, 4) is 5.88 Å². The highest BCUT2D eigenvalue weighted by molar-refractivity contribution is 5.31. The molecule has 0 aromatic carbocycles. The number of ether oxygens (including phenoxy) is 2. The van der Waals surface area contributed by atoms with Crippen molar-refractivity contribution in [2.45, 2.75) is 19.6 Å². The Labute approximate surface area is 82.3 Å². The molecule has 0 fully saturated rings. The van der Waals surface area contributed by atoms with Gasteiger partial charge in [-0.3, -0.25) is 0 Å². The van der Waals surface area contributed by atoms with Crippen LogP contribution in [0.2, 0.25) is 0 Å². The molecule has 0 bridgehead atoms. The highest BCUT2D eigenvalue weighted by Crippen LogP contribution is 2.23. The fourth-order valence-electron chi connectivity index (χ4n) is 1.51. The summed E-state index contributed by atoms with van der Waals surface area (Å²) in [5.74, 6) is 1.22. The van der Waals surface area contributed by atoms with Gasteiger partial charge in [-0.15, -0.1) is 0 Å². The lowest BCUT2D eigenvalue weighted by atomic mass is 10.1. The molecule has 14 heavy (non-hydrogen) atoms. The smallest absolute Gasteiger partial charge is 0.222 e. The van der Waals surface area contributed by atoms with Crippen LogP contribution in [0.4, 0.5) is 0 Å². The standard InChI is InChI=1S/C9H13N3O2/c1-13-9-6-5-14-3-2-7(6)11-8(4-10)12-9/h2-5,10H2,1H3. The van der Waals surface area contributed by atoms with Crippen molar-refractivity contribution < 1.29 is 9.47 Å². The minimum Gasteiger partial charge on any atom is -0.481 e. The minimum absolute atomic E-state index is 0.338. The van der Waals surface area contributed by atoms with Gasteiger partial charge < -0.3 is 15.2 Å². The first-order valence-corrected chi connectivity index (χ1v) is 4.55. The SMILES string of the molecule is COc1nc(CN)nc2c1COCC2. The highest BCUT2D eigenvalue weighted by atomic mass is 16.5. The van der Waals surface area contributed by atoms with Crippen LogP contribution in [-0.4, -0.2) is 23.7 Å². The van der Waals surface area contributed by atoms with Crippen LogP contribution >= 0.6 is 0 Å². The van der Waals surface area contributed by atoms with Gasteiger partial charge in [-0.2, -0.15) is 4.98 Å². The average Bonchev–Trinajstić information content (AvgIpc) is 2.27. The van der Waals surface area contributed by atoms with Gasteiger partial charge in [-0.1, -0.05) is 0 Å². The number of methoxy groups -OCH3 is 1. The molecule has 0 saturated heterocycles. The van der Waals surface area contributed by atoms with Crippen LogP contribution < -0.4 is 10.5 Å². The molecule has 1 aromatic heterocycles. The molecular weight excluding hydrogens is 182 g/mol. The maximum Gasteiger partial charge on any atom is 0.222 e. The van der Waals surface area contributed by atoms with Crippen molar-refractivity contribution in [3.63, 3.8) is 0 Å². The number of rotatable bonds is 2. The molecule has 1 aliphatic rings. The van der Waals surface area contributed by atoms with Crippen LogP contribution in [0.5, 0.6) is 5.88 Å². The van der Waals surface area contributed by atoms with E-state index < -0.39 is 0 Å². The minimum atomic E-state index is 0.338. The monoisotopic (exact) mass is 195 g/mol. The average molecular weight is 195 g/mol. The molecule has 0 unspecified atom stereocenters. The van der Waals surface area contributed by atoms with Crippen LogP contribution in [0.3, 0.4) is 0 Å². The van der Waals surface area contributed by atoms with E-state index in [-0.39, 0.29) is 0 Å².